The Morgan fingerprint density at radius 2 is 1.86 bits per heavy atom. The van der Waals surface area contributed by atoms with E-state index < -0.39 is 0 Å². The number of aliphatic imine (C=N–C) groups is 1. The number of nitrogens with one attached hydrogen (secondary N) is 2. The van der Waals surface area contributed by atoms with Gasteiger partial charge >= 0.3 is 0 Å². The number of carbonyl (C=O) groups excluding carboxylic acids is 1. The second kappa shape index (κ2) is 7.44. The van der Waals surface area contributed by atoms with Crippen LogP contribution in [0.25, 0.3) is 0 Å². The van der Waals surface area contributed by atoms with Crippen molar-refractivity contribution in [3.05, 3.63) is 72.5 Å². The van der Waals surface area contributed by atoms with E-state index in [1.165, 1.54) is 6.33 Å². The monoisotopic (exact) mass is 401 g/mol. The largest absolute Gasteiger partial charge is 0.319 e. The lowest BCUT2D eigenvalue weighted by Crippen LogP contribution is -2.12. The van der Waals surface area contributed by atoms with Crippen LogP contribution in [0, 0.1) is 0 Å². The smallest absolute Gasteiger partial charge is 0.255 e. The summed E-state index contributed by atoms with van der Waals surface area (Å²) in [6.07, 6.45) is 10.5. The van der Waals surface area contributed by atoms with Gasteiger partial charge in [0.15, 0.2) is 0 Å². The fourth-order valence-electron chi connectivity index (χ4n) is 3.13. The first-order valence-electron chi connectivity index (χ1n) is 8.95. The third kappa shape index (κ3) is 3.47. The summed E-state index contributed by atoms with van der Waals surface area (Å²) in [5.74, 6) is 0.980. The highest BCUT2D eigenvalue weighted by molar-refractivity contribution is 8.00. The Balaban J connectivity index is 1.31. The molecule has 9 heteroatoms. The molecule has 5 rings (SSSR count). The molecule has 0 fully saturated rings. The van der Waals surface area contributed by atoms with Crippen molar-refractivity contribution < 1.29 is 4.79 Å². The lowest BCUT2D eigenvalue weighted by molar-refractivity contribution is 0.102. The summed E-state index contributed by atoms with van der Waals surface area (Å²) < 4.78 is 0. The molecule has 0 aliphatic carbocycles. The summed E-state index contributed by atoms with van der Waals surface area (Å²) in [6, 6.07) is 8.98. The zero-order valence-electron chi connectivity index (χ0n) is 15.1. The van der Waals surface area contributed by atoms with Gasteiger partial charge in [-0.2, -0.15) is 0 Å². The number of allylic oxidation sites excluding steroid dienone is 1. The molecule has 0 spiro atoms. The van der Waals surface area contributed by atoms with E-state index in [9.17, 15) is 4.79 Å². The van der Waals surface area contributed by atoms with Crippen LogP contribution in [0.3, 0.4) is 0 Å². The van der Waals surface area contributed by atoms with Crippen molar-refractivity contribution in [2.45, 2.75) is 16.2 Å². The summed E-state index contributed by atoms with van der Waals surface area (Å²) in [7, 11) is 0. The molecule has 2 aliphatic rings. The van der Waals surface area contributed by atoms with Crippen molar-refractivity contribution in [3.63, 3.8) is 0 Å². The van der Waals surface area contributed by atoms with Crippen LogP contribution < -0.4 is 10.6 Å². The summed E-state index contributed by atoms with van der Waals surface area (Å²) in [5, 5.41) is 6.01. The zero-order valence-corrected chi connectivity index (χ0v) is 15.9. The second-order valence-electron chi connectivity index (χ2n) is 6.39. The topological polar surface area (TPSA) is 105 Å². The Kier molecular flexibility index (Phi) is 4.49. The molecule has 3 aromatic rings. The maximum Gasteiger partial charge on any atom is 0.255 e. The maximum absolute atomic E-state index is 12.2. The minimum absolute atomic E-state index is 0.0868. The van der Waals surface area contributed by atoms with Crippen molar-refractivity contribution in [3.8, 4) is 0 Å². The molecule has 0 saturated carbocycles. The lowest BCUT2D eigenvalue weighted by atomic mass is 10.0. The third-order valence-corrected chi connectivity index (χ3v) is 5.80. The predicted molar refractivity (Wildman–Crippen MR) is 112 cm³/mol. The second-order valence-corrected chi connectivity index (χ2v) is 7.52. The van der Waals surface area contributed by atoms with Gasteiger partial charge in [-0.25, -0.2) is 19.9 Å². The normalized spacial score (nSPS) is 18.8. The highest BCUT2D eigenvalue weighted by Gasteiger charge is 2.35. The molecule has 1 aromatic carbocycles. The molecule has 0 saturated heterocycles. The van der Waals surface area contributed by atoms with E-state index in [1.807, 2.05) is 30.5 Å². The van der Waals surface area contributed by atoms with Crippen molar-refractivity contribution in [2.75, 3.05) is 10.6 Å². The number of amides is 1. The Bertz CT molecular complexity index is 1120. The van der Waals surface area contributed by atoms with Crippen LogP contribution >= 0.6 is 11.8 Å². The molecular formula is C20H15N7OS. The molecule has 142 valence electrons. The van der Waals surface area contributed by atoms with E-state index in [4.69, 9.17) is 0 Å². The van der Waals surface area contributed by atoms with Crippen molar-refractivity contribution >= 4 is 41.3 Å². The highest BCUT2D eigenvalue weighted by atomic mass is 32.2. The molecule has 8 nitrogen and oxygen atoms in total. The van der Waals surface area contributed by atoms with Gasteiger partial charge in [-0.05, 0) is 18.2 Å². The van der Waals surface area contributed by atoms with E-state index >= 15 is 0 Å². The van der Waals surface area contributed by atoms with Gasteiger partial charge in [-0.1, -0.05) is 36.0 Å². The molecule has 2 aromatic heterocycles. The Hall–Kier alpha value is -3.59. The molecule has 2 N–H and O–H groups in total. The average molecular weight is 401 g/mol. The van der Waals surface area contributed by atoms with Crippen LogP contribution in [0.4, 0.5) is 17.5 Å². The summed E-state index contributed by atoms with van der Waals surface area (Å²) in [5.41, 5.74) is 2.04. The number of dihydropyridines is 1. The molecule has 2 unspecified atom stereocenters. The number of thioether (sulfide) groups is 1. The van der Waals surface area contributed by atoms with E-state index in [1.54, 1.807) is 36.3 Å². The molecule has 2 aliphatic heterocycles. The number of anilines is 3. The molecular weight excluding hydrogens is 386 g/mol. The quantitative estimate of drug-likeness (QED) is 0.690. The van der Waals surface area contributed by atoms with Gasteiger partial charge < -0.3 is 10.6 Å². The van der Waals surface area contributed by atoms with Crippen molar-refractivity contribution in [1.29, 1.82) is 0 Å². The maximum atomic E-state index is 12.2. The summed E-state index contributed by atoms with van der Waals surface area (Å²) in [4.78, 5) is 35.0. The minimum Gasteiger partial charge on any atom is -0.319 e. The van der Waals surface area contributed by atoms with Crippen LogP contribution in [-0.2, 0) is 0 Å². The predicted octanol–water partition coefficient (Wildman–Crippen LogP) is 3.42. The number of carbonyl (C=O) groups is 1. The number of hydrogen-bond donors (Lipinski definition) is 2. The molecule has 0 bridgehead atoms. The highest BCUT2D eigenvalue weighted by Crippen LogP contribution is 2.49. The van der Waals surface area contributed by atoms with Crippen molar-refractivity contribution in [1.82, 2.24) is 19.9 Å². The number of rotatable bonds is 4. The first-order valence-corrected chi connectivity index (χ1v) is 9.83. The Morgan fingerprint density at radius 3 is 2.69 bits per heavy atom. The van der Waals surface area contributed by atoms with Gasteiger partial charge in [0.25, 0.3) is 5.91 Å². The number of hydrogen-bond acceptors (Lipinski definition) is 8. The molecule has 0 radical (unpaired) electrons. The van der Waals surface area contributed by atoms with E-state index in [-0.39, 0.29) is 17.2 Å². The fraction of sp³-hybridized carbons (Fsp3) is 0.100. The fourth-order valence-corrected chi connectivity index (χ4v) is 4.39. The van der Waals surface area contributed by atoms with E-state index in [0.717, 1.165) is 10.6 Å². The van der Waals surface area contributed by atoms with E-state index in [0.29, 0.717) is 23.0 Å². The molecule has 4 heterocycles. The van der Waals surface area contributed by atoms with Gasteiger partial charge in [0.05, 0.1) is 34.6 Å². The third-order valence-electron chi connectivity index (χ3n) is 4.51. The Morgan fingerprint density at radius 1 is 1.03 bits per heavy atom. The molecule has 2 atom stereocenters. The van der Waals surface area contributed by atoms with Gasteiger partial charge in [0.2, 0.25) is 5.95 Å². The summed E-state index contributed by atoms with van der Waals surface area (Å²) in [6.45, 7) is 0. The van der Waals surface area contributed by atoms with Crippen LogP contribution in [-0.4, -0.2) is 37.4 Å². The first-order chi connectivity index (χ1) is 14.3. The van der Waals surface area contributed by atoms with Crippen molar-refractivity contribution in [2.24, 2.45) is 4.99 Å². The number of fused-ring (bicyclic) bond motifs is 3. The van der Waals surface area contributed by atoms with Gasteiger partial charge in [-0.3, -0.25) is 9.79 Å². The van der Waals surface area contributed by atoms with Gasteiger partial charge in [-0.15, -0.1) is 0 Å². The summed E-state index contributed by atoms with van der Waals surface area (Å²) >= 11 is 1.63. The van der Waals surface area contributed by atoms with Gasteiger partial charge in [0, 0.05) is 11.8 Å². The molecule has 1 amide bonds. The van der Waals surface area contributed by atoms with E-state index in [2.05, 4.69) is 41.6 Å². The average Bonchev–Trinajstić information content (AvgIpc) is 3.16. The van der Waals surface area contributed by atoms with Crippen LogP contribution in [0.1, 0.15) is 22.0 Å². The Labute approximate surface area is 170 Å². The van der Waals surface area contributed by atoms with Crippen LogP contribution in [0.2, 0.25) is 0 Å². The molecule has 29 heavy (non-hydrogen) atoms. The minimum atomic E-state index is -0.212. The first kappa shape index (κ1) is 17.5. The number of benzene rings is 1. The number of nitrogens with zero attached hydrogens (tertiary/aromatic N) is 5. The van der Waals surface area contributed by atoms with Crippen LogP contribution in [0.15, 0.2) is 71.1 Å². The number of aromatic nitrogens is 4. The van der Waals surface area contributed by atoms with Crippen LogP contribution in [0.5, 0.6) is 0 Å². The zero-order chi connectivity index (χ0) is 19.6. The van der Waals surface area contributed by atoms with Gasteiger partial charge in [0.1, 0.15) is 17.5 Å². The lowest BCUT2D eigenvalue weighted by Gasteiger charge is -2.12. The standard InChI is InChI=1S/C20H15N7OS/c28-18(12-5-2-1-3-6-12)26-13-9-22-20(23-10-13)27-17-16-15(24-11-25-17)14-7-4-8-21-19(14)29-16/h1-11,14,19H,(H,26,28)(H,22,23,24,25,27). The SMILES string of the molecule is O=C(Nc1cnc(Nc2ncnc3c2SC2N=CC=CC32)nc1)c1ccccc1.